The lowest BCUT2D eigenvalue weighted by molar-refractivity contribution is 0.353. The molecule has 0 spiro atoms. The lowest BCUT2D eigenvalue weighted by Gasteiger charge is -2.19. The molecule has 1 nitrogen and oxygen atoms in total. The van der Waals surface area contributed by atoms with Crippen molar-refractivity contribution >= 4 is 0 Å². The van der Waals surface area contributed by atoms with Crippen molar-refractivity contribution < 1.29 is 0 Å². The van der Waals surface area contributed by atoms with Gasteiger partial charge in [0.25, 0.3) is 0 Å². The summed E-state index contributed by atoms with van der Waals surface area (Å²) in [6.07, 6.45) is 9.28. The number of fused-ring (bicyclic) bond motifs is 5. The zero-order valence-corrected chi connectivity index (χ0v) is 9.78. The molecule has 2 bridgehead atoms. The highest BCUT2D eigenvalue weighted by Crippen LogP contribution is 2.70. The van der Waals surface area contributed by atoms with E-state index in [1.165, 1.54) is 31.1 Å². The summed E-state index contributed by atoms with van der Waals surface area (Å²) in [6.45, 7) is 0. The Morgan fingerprint density at radius 2 is 1.73 bits per heavy atom. The van der Waals surface area contributed by atoms with Gasteiger partial charge in [0, 0.05) is 6.04 Å². The average Bonchev–Trinajstić information content (AvgIpc) is 3.14. The van der Waals surface area contributed by atoms with Crippen molar-refractivity contribution in [2.24, 2.45) is 35.5 Å². The van der Waals surface area contributed by atoms with Gasteiger partial charge in [-0.3, -0.25) is 0 Å². The molecule has 0 radical (unpaired) electrons. The summed E-state index contributed by atoms with van der Waals surface area (Å²) in [6, 6.07) is 0.885. The molecule has 4 aliphatic rings. The molecule has 4 rings (SSSR count). The van der Waals surface area contributed by atoms with Crippen LogP contribution in [0.3, 0.4) is 0 Å². The minimum atomic E-state index is 0.885. The average molecular weight is 205 g/mol. The summed E-state index contributed by atoms with van der Waals surface area (Å²) in [7, 11) is 2.20. The zero-order valence-electron chi connectivity index (χ0n) is 9.78. The van der Waals surface area contributed by atoms with Crippen molar-refractivity contribution in [2.45, 2.75) is 44.6 Å². The van der Waals surface area contributed by atoms with Crippen LogP contribution in [-0.2, 0) is 0 Å². The molecule has 0 amide bonds. The highest BCUT2D eigenvalue weighted by Gasteiger charge is 2.66. The van der Waals surface area contributed by atoms with Gasteiger partial charge in [0.15, 0.2) is 0 Å². The van der Waals surface area contributed by atoms with Gasteiger partial charge in [-0.1, -0.05) is 12.8 Å². The Labute approximate surface area is 93.0 Å². The standard InChI is InChI=1S/C14H23N/c1-15-11(6-8-2-3-8)14-12-9-4-5-10(7-9)13(12)14/h8-15H,2-7H2,1H3. The van der Waals surface area contributed by atoms with Crippen molar-refractivity contribution in [3.05, 3.63) is 0 Å². The molecule has 5 atom stereocenters. The summed E-state index contributed by atoms with van der Waals surface area (Å²) < 4.78 is 0. The highest BCUT2D eigenvalue weighted by atomic mass is 14.9. The second-order valence-electron chi connectivity index (χ2n) is 6.64. The quantitative estimate of drug-likeness (QED) is 0.744. The van der Waals surface area contributed by atoms with Crippen LogP contribution in [0.5, 0.6) is 0 Å². The van der Waals surface area contributed by atoms with E-state index >= 15 is 0 Å². The first-order chi connectivity index (χ1) is 7.38. The van der Waals surface area contributed by atoms with Crippen LogP contribution in [-0.4, -0.2) is 13.1 Å². The van der Waals surface area contributed by atoms with Crippen molar-refractivity contribution in [3.63, 3.8) is 0 Å². The van der Waals surface area contributed by atoms with Crippen LogP contribution in [0.25, 0.3) is 0 Å². The first-order valence-corrected chi connectivity index (χ1v) is 7.05. The third-order valence-corrected chi connectivity index (χ3v) is 5.91. The Morgan fingerprint density at radius 3 is 2.27 bits per heavy atom. The molecule has 5 unspecified atom stereocenters. The summed E-state index contributed by atoms with van der Waals surface area (Å²) in [5, 5.41) is 3.63. The maximum absolute atomic E-state index is 3.63. The molecule has 0 saturated heterocycles. The smallest absolute Gasteiger partial charge is 0.0101 e. The molecular formula is C14H23N. The topological polar surface area (TPSA) is 12.0 Å². The Morgan fingerprint density at radius 1 is 1.07 bits per heavy atom. The van der Waals surface area contributed by atoms with Crippen LogP contribution < -0.4 is 5.32 Å². The lowest BCUT2D eigenvalue weighted by atomic mass is 9.94. The number of hydrogen-bond donors (Lipinski definition) is 1. The molecule has 1 heteroatoms. The van der Waals surface area contributed by atoms with Gasteiger partial charge in [0.1, 0.15) is 0 Å². The fourth-order valence-corrected chi connectivity index (χ4v) is 5.11. The van der Waals surface area contributed by atoms with Gasteiger partial charge >= 0.3 is 0 Å². The van der Waals surface area contributed by atoms with E-state index in [0.717, 1.165) is 29.7 Å². The maximum Gasteiger partial charge on any atom is 0.0101 e. The Balaban J connectivity index is 1.45. The van der Waals surface area contributed by atoms with E-state index in [0.29, 0.717) is 0 Å². The molecule has 0 aromatic heterocycles. The number of rotatable bonds is 4. The maximum atomic E-state index is 3.63. The van der Waals surface area contributed by atoms with E-state index in [1.807, 2.05) is 0 Å². The molecule has 0 aromatic rings. The first kappa shape index (κ1) is 9.04. The predicted octanol–water partition coefficient (Wildman–Crippen LogP) is 2.67. The molecule has 4 aliphatic carbocycles. The first-order valence-electron chi connectivity index (χ1n) is 7.05. The molecule has 0 aliphatic heterocycles. The molecule has 15 heavy (non-hydrogen) atoms. The number of hydrogen-bond acceptors (Lipinski definition) is 1. The van der Waals surface area contributed by atoms with Crippen LogP contribution in [0.2, 0.25) is 0 Å². The van der Waals surface area contributed by atoms with Gasteiger partial charge in [-0.25, -0.2) is 0 Å². The summed E-state index contributed by atoms with van der Waals surface area (Å²) >= 11 is 0. The molecule has 0 aromatic carbocycles. The third-order valence-electron chi connectivity index (χ3n) is 5.91. The van der Waals surface area contributed by atoms with E-state index in [-0.39, 0.29) is 0 Å². The second kappa shape index (κ2) is 3.00. The molecule has 4 fully saturated rings. The minimum Gasteiger partial charge on any atom is -0.317 e. The van der Waals surface area contributed by atoms with Gasteiger partial charge in [-0.2, -0.15) is 0 Å². The third kappa shape index (κ3) is 1.25. The van der Waals surface area contributed by atoms with Crippen LogP contribution in [0.1, 0.15) is 38.5 Å². The largest absolute Gasteiger partial charge is 0.317 e. The fraction of sp³-hybridized carbons (Fsp3) is 1.00. The van der Waals surface area contributed by atoms with E-state index in [1.54, 1.807) is 19.3 Å². The molecule has 1 N–H and O–H groups in total. The highest BCUT2D eigenvalue weighted by molar-refractivity contribution is 5.15. The lowest BCUT2D eigenvalue weighted by Crippen LogP contribution is -2.30. The summed E-state index contributed by atoms with van der Waals surface area (Å²) in [4.78, 5) is 0. The zero-order chi connectivity index (χ0) is 9.99. The van der Waals surface area contributed by atoms with Crippen LogP contribution in [0, 0.1) is 35.5 Å². The van der Waals surface area contributed by atoms with E-state index in [2.05, 4.69) is 12.4 Å². The van der Waals surface area contributed by atoms with Gasteiger partial charge < -0.3 is 5.32 Å². The van der Waals surface area contributed by atoms with E-state index < -0.39 is 0 Å². The van der Waals surface area contributed by atoms with Gasteiger partial charge in [-0.15, -0.1) is 0 Å². The minimum absolute atomic E-state index is 0.885. The predicted molar refractivity (Wildman–Crippen MR) is 61.5 cm³/mol. The molecule has 84 valence electrons. The van der Waals surface area contributed by atoms with Crippen LogP contribution in [0.4, 0.5) is 0 Å². The summed E-state index contributed by atoms with van der Waals surface area (Å²) in [5.41, 5.74) is 0. The monoisotopic (exact) mass is 205 g/mol. The second-order valence-corrected chi connectivity index (χ2v) is 6.64. The number of nitrogens with one attached hydrogen (secondary N) is 1. The van der Waals surface area contributed by atoms with Gasteiger partial charge in [-0.05, 0) is 68.2 Å². The Bertz CT molecular complexity index is 255. The normalized spacial score (nSPS) is 53.0. The van der Waals surface area contributed by atoms with Crippen LogP contribution >= 0.6 is 0 Å². The van der Waals surface area contributed by atoms with E-state index in [9.17, 15) is 0 Å². The van der Waals surface area contributed by atoms with Crippen molar-refractivity contribution in [2.75, 3.05) is 7.05 Å². The molecule has 0 heterocycles. The van der Waals surface area contributed by atoms with Crippen molar-refractivity contribution in [3.8, 4) is 0 Å². The Hall–Kier alpha value is -0.0400. The molecular weight excluding hydrogens is 182 g/mol. The van der Waals surface area contributed by atoms with Gasteiger partial charge in [0.2, 0.25) is 0 Å². The van der Waals surface area contributed by atoms with Crippen LogP contribution in [0.15, 0.2) is 0 Å². The van der Waals surface area contributed by atoms with Gasteiger partial charge in [0.05, 0.1) is 0 Å². The SMILES string of the molecule is CNC(CC1CC1)C1C2C3CCC(C3)C21. The van der Waals surface area contributed by atoms with Crippen molar-refractivity contribution in [1.82, 2.24) is 5.32 Å². The fourth-order valence-electron chi connectivity index (χ4n) is 5.11. The van der Waals surface area contributed by atoms with Crippen molar-refractivity contribution in [1.29, 1.82) is 0 Å². The van der Waals surface area contributed by atoms with E-state index in [4.69, 9.17) is 0 Å². The Kier molecular flexibility index (Phi) is 1.81. The summed E-state index contributed by atoms with van der Waals surface area (Å²) in [5.74, 6) is 6.84. The molecule has 4 saturated carbocycles.